The van der Waals surface area contributed by atoms with Crippen LogP contribution in [0.2, 0.25) is 0 Å². The third-order valence-corrected chi connectivity index (χ3v) is 7.37. The summed E-state index contributed by atoms with van der Waals surface area (Å²) in [6.07, 6.45) is 0. The lowest BCUT2D eigenvalue weighted by Gasteiger charge is -2.15. The highest BCUT2D eigenvalue weighted by Gasteiger charge is 2.28. The summed E-state index contributed by atoms with van der Waals surface area (Å²) >= 11 is 6.30. The fourth-order valence-corrected chi connectivity index (χ4v) is 5.43. The summed E-state index contributed by atoms with van der Waals surface area (Å²) in [4.78, 5) is 14.9. The molecule has 8 heteroatoms. The minimum Gasteiger partial charge on any atom is -0.284 e. The number of hydrogen-bond acceptors (Lipinski definition) is 5. The van der Waals surface area contributed by atoms with Gasteiger partial charge in [-0.1, -0.05) is 88.4 Å². The standard InChI is InChI=1S/C25H19BrN4OS2/c26-20-13-11-19(12-14-20)22-16-32-24(30(22)21-9-5-2-6-10-21)28-27-23-17-33-25(31)29(23)15-18-7-3-1-4-8-18/h1-14,16H,15,17H2/b27-23+,28-24-. The molecule has 2 heterocycles. The molecule has 1 amide bonds. The number of para-hydroxylation sites is 1. The number of hydrogen-bond donors (Lipinski definition) is 0. The number of thiazole rings is 1. The van der Waals surface area contributed by atoms with E-state index in [0.717, 1.165) is 31.8 Å². The van der Waals surface area contributed by atoms with Crippen LogP contribution in [0, 0.1) is 0 Å². The van der Waals surface area contributed by atoms with Gasteiger partial charge in [-0.05, 0) is 35.4 Å². The largest absolute Gasteiger partial charge is 0.287 e. The third kappa shape index (κ3) is 4.88. The summed E-state index contributed by atoms with van der Waals surface area (Å²) in [5, 5.41) is 11.2. The smallest absolute Gasteiger partial charge is 0.284 e. The SMILES string of the molecule is O=C1SC/C(=N\N=c2/scc(-c3ccc(Br)cc3)n2-c2ccccc2)N1Cc1ccccc1. The zero-order valence-electron chi connectivity index (χ0n) is 17.5. The van der Waals surface area contributed by atoms with E-state index in [2.05, 4.69) is 60.3 Å². The van der Waals surface area contributed by atoms with Crippen molar-refractivity contribution in [1.29, 1.82) is 0 Å². The van der Waals surface area contributed by atoms with Gasteiger partial charge in [0.1, 0.15) is 5.84 Å². The summed E-state index contributed by atoms with van der Waals surface area (Å²) in [6, 6.07) is 28.3. The second-order valence-corrected chi connectivity index (χ2v) is 10.0. The zero-order chi connectivity index (χ0) is 22.6. The van der Waals surface area contributed by atoms with Crippen LogP contribution in [0.15, 0.2) is 105 Å². The molecule has 0 saturated carbocycles. The Morgan fingerprint density at radius 2 is 1.58 bits per heavy atom. The van der Waals surface area contributed by atoms with Crippen LogP contribution in [0.5, 0.6) is 0 Å². The molecule has 0 atom stereocenters. The fourth-order valence-electron chi connectivity index (χ4n) is 3.52. The maximum atomic E-state index is 12.5. The van der Waals surface area contributed by atoms with Crippen LogP contribution in [0.1, 0.15) is 5.56 Å². The van der Waals surface area contributed by atoms with E-state index in [0.29, 0.717) is 18.1 Å². The number of halogens is 1. The number of rotatable bonds is 5. The van der Waals surface area contributed by atoms with E-state index < -0.39 is 0 Å². The van der Waals surface area contributed by atoms with Gasteiger partial charge in [0.15, 0.2) is 0 Å². The van der Waals surface area contributed by atoms with Crippen molar-refractivity contribution in [2.75, 3.05) is 5.75 Å². The van der Waals surface area contributed by atoms with E-state index in [4.69, 9.17) is 0 Å². The Kier molecular flexibility index (Phi) is 6.57. The van der Waals surface area contributed by atoms with Crippen molar-refractivity contribution in [1.82, 2.24) is 9.47 Å². The van der Waals surface area contributed by atoms with Crippen LogP contribution in [0.4, 0.5) is 4.79 Å². The molecule has 0 bridgehead atoms. The number of thioether (sulfide) groups is 1. The molecule has 1 fully saturated rings. The van der Waals surface area contributed by atoms with Gasteiger partial charge in [-0.3, -0.25) is 14.3 Å². The first-order chi connectivity index (χ1) is 16.2. The van der Waals surface area contributed by atoms with Crippen molar-refractivity contribution in [3.63, 3.8) is 0 Å². The molecule has 5 rings (SSSR count). The molecule has 0 radical (unpaired) electrons. The fraction of sp³-hybridized carbons (Fsp3) is 0.0800. The summed E-state index contributed by atoms with van der Waals surface area (Å²) in [5.41, 5.74) is 4.20. The molecule has 0 N–H and O–H groups in total. The average Bonchev–Trinajstić information content (AvgIpc) is 3.43. The molecule has 33 heavy (non-hydrogen) atoms. The lowest BCUT2D eigenvalue weighted by molar-refractivity contribution is 0.244. The Hall–Kier alpha value is -2.94. The van der Waals surface area contributed by atoms with Crippen LogP contribution in [-0.4, -0.2) is 26.3 Å². The number of amides is 1. The molecular weight excluding hydrogens is 516 g/mol. The number of carbonyl (C=O) groups excluding carboxylic acids is 1. The molecule has 1 aliphatic rings. The first-order valence-corrected chi connectivity index (χ1v) is 13.0. The number of amidine groups is 1. The highest BCUT2D eigenvalue weighted by atomic mass is 79.9. The average molecular weight is 535 g/mol. The molecule has 1 aliphatic heterocycles. The summed E-state index contributed by atoms with van der Waals surface area (Å²) in [7, 11) is 0. The Bertz CT molecular complexity index is 1360. The van der Waals surface area contributed by atoms with Gasteiger partial charge in [0, 0.05) is 15.5 Å². The zero-order valence-corrected chi connectivity index (χ0v) is 20.7. The molecule has 0 unspecified atom stereocenters. The number of nitrogens with zero attached hydrogens (tertiary/aromatic N) is 4. The molecule has 0 aliphatic carbocycles. The summed E-state index contributed by atoms with van der Waals surface area (Å²) in [5.74, 6) is 1.19. The second kappa shape index (κ2) is 9.91. The highest BCUT2D eigenvalue weighted by molar-refractivity contribution is 9.10. The normalized spacial score (nSPS) is 15.5. The summed E-state index contributed by atoms with van der Waals surface area (Å²) in [6.45, 7) is 0.494. The van der Waals surface area contributed by atoms with Crippen molar-refractivity contribution >= 4 is 50.1 Å². The van der Waals surface area contributed by atoms with Crippen LogP contribution in [0.25, 0.3) is 16.9 Å². The molecule has 164 valence electrons. The lowest BCUT2D eigenvalue weighted by Crippen LogP contribution is -2.28. The molecular formula is C25H19BrN4OS2. The molecule has 0 spiro atoms. The van der Waals surface area contributed by atoms with Gasteiger partial charge in [-0.15, -0.1) is 21.5 Å². The van der Waals surface area contributed by atoms with Gasteiger partial charge in [0.2, 0.25) is 4.80 Å². The molecule has 5 nitrogen and oxygen atoms in total. The van der Waals surface area contributed by atoms with E-state index in [9.17, 15) is 4.79 Å². The van der Waals surface area contributed by atoms with Crippen molar-refractivity contribution in [2.24, 2.45) is 10.2 Å². The second-order valence-electron chi connectivity index (χ2n) is 7.32. The minimum atomic E-state index is 0.00506. The van der Waals surface area contributed by atoms with Gasteiger partial charge in [-0.25, -0.2) is 0 Å². The van der Waals surface area contributed by atoms with E-state index >= 15 is 0 Å². The van der Waals surface area contributed by atoms with E-state index in [1.165, 1.54) is 23.1 Å². The Balaban J connectivity index is 1.56. The van der Waals surface area contributed by atoms with Crippen molar-refractivity contribution in [3.8, 4) is 16.9 Å². The number of carbonyl (C=O) groups is 1. The van der Waals surface area contributed by atoms with Crippen LogP contribution >= 0.6 is 39.0 Å². The third-order valence-electron chi connectivity index (χ3n) is 5.15. The monoisotopic (exact) mass is 534 g/mol. The van der Waals surface area contributed by atoms with Crippen LogP contribution < -0.4 is 4.80 Å². The van der Waals surface area contributed by atoms with E-state index in [-0.39, 0.29) is 5.24 Å². The van der Waals surface area contributed by atoms with Gasteiger partial charge in [0.25, 0.3) is 5.24 Å². The van der Waals surface area contributed by atoms with Crippen molar-refractivity contribution in [2.45, 2.75) is 6.54 Å². The van der Waals surface area contributed by atoms with Gasteiger partial charge < -0.3 is 0 Å². The lowest BCUT2D eigenvalue weighted by atomic mass is 10.1. The van der Waals surface area contributed by atoms with Crippen molar-refractivity contribution < 1.29 is 4.79 Å². The maximum absolute atomic E-state index is 12.5. The van der Waals surface area contributed by atoms with Gasteiger partial charge >= 0.3 is 0 Å². The Morgan fingerprint density at radius 3 is 2.30 bits per heavy atom. The minimum absolute atomic E-state index is 0.00506. The predicted molar refractivity (Wildman–Crippen MR) is 140 cm³/mol. The summed E-state index contributed by atoms with van der Waals surface area (Å²) < 4.78 is 3.13. The molecule has 1 aromatic heterocycles. The number of aromatic nitrogens is 1. The Labute approximate surface area is 208 Å². The maximum Gasteiger partial charge on any atom is 0.287 e. The van der Waals surface area contributed by atoms with Gasteiger partial charge in [0.05, 0.1) is 18.0 Å². The van der Waals surface area contributed by atoms with E-state index in [1.54, 1.807) is 4.90 Å². The van der Waals surface area contributed by atoms with Crippen LogP contribution in [0.3, 0.4) is 0 Å². The topological polar surface area (TPSA) is 50.0 Å². The first-order valence-electron chi connectivity index (χ1n) is 10.3. The molecule has 1 saturated heterocycles. The molecule has 3 aromatic carbocycles. The first kappa shape index (κ1) is 21.9. The molecule has 4 aromatic rings. The Morgan fingerprint density at radius 1 is 0.879 bits per heavy atom. The van der Waals surface area contributed by atoms with E-state index in [1.807, 2.05) is 60.7 Å². The quantitative estimate of drug-likeness (QED) is 0.272. The number of benzene rings is 3. The van der Waals surface area contributed by atoms with Crippen LogP contribution in [-0.2, 0) is 6.54 Å². The van der Waals surface area contributed by atoms with Gasteiger partial charge in [-0.2, -0.15) is 0 Å². The highest BCUT2D eigenvalue weighted by Crippen LogP contribution is 2.26. The van der Waals surface area contributed by atoms with Crippen molar-refractivity contribution in [3.05, 3.63) is 105 Å². The predicted octanol–water partition coefficient (Wildman–Crippen LogP) is 6.55.